The van der Waals surface area contributed by atoms with E-state index in [1.54, 1.807) is 0 Å². The van der Waals surface area contributed by atoms with Crippen LogP contribution in [-0.4, -0.2) is 6.15 Å². The lowest BCUT2D eigenvalue weighted by atomic mass is 9.10. The number of hydrogen-bond donors (Lipinski definition) is 0. The smallest absolute Gasteiger partial charge is 0.200 e. The first-order valence-corrected chi connectivity index (χ1v) is 27.4. The van der Waals surface area contributed by atoms with Gasteiger partial charge in [-0.1, -0.05) is 18.2 Å². The second-order valence-electron chi connectivity index (χ2n) is 21.3. The van der Waals surface area contributed by atoms with E-state index in [2.05, 4.69) is 91.0 Å². The molecule has 0 spiro atoms. The first kappa shape index (κ1) is 75.5. The molecule has 0 fully saturated rings. The summed E-state index contributed by atoms with van der Waals surface area (Å²) in [6, 6.07) is 31.6. The molecule has 538 valence electrons. The number of halogens is 36. The molecule has 0 unspecified atom stereocenters. The summed E-state index contributed by atoms with van der Waals surface area (Å²) in [5.74, 6) is -150. The maximum Gasteiger partial charge on any atom is 0.200 e. The minimum absolute atomic E-state index is 1.25. The maximum atomic E-state index is 18.0. The van der Waals surface area contributed by atoms with Crippen LogP contribution in [0.25, 0.3) is 44.5 Å². The summed E-state index contributed by atoms with van der Waals surface area (Å²) < 4.78 is 582. The molecule has 11 aromatic carbocycles. The van der Waals surface area contributed by atoms with Gasteiger partial charge in [-0.25, -0.2) is 158 Å². The van der Waals surface area contributed by atoms with Crippen LogP contribution in [0.1, 0.15) is 16.7 Å². The molecule has 0 aliphatic heterocycles. The van der Waals surface area contributed by atoms with Crippen LogP contribution in [0.4, 0.5) is 158 Å². The van der Waals surface area contributed by atoms with Gasteiger partial charge in [0.15, 0.2) is 163 Å². The van der Waals surface area contributed by atoms with E-state index in [1.807, 2.05) is 0 Å². The molecular weight excluding hydrogens is 1500 g/mol. The Kier molecular flexibility index (Phi) is 20.0. The second kappa shape index (κ2) is 27.6. The summed E-state index contributed by atoms with van der Waals surface area (Å²) in [5, 5.41) is 0. The topological polar surface area (TPSA) is 0 Å². The van der Waals surface area contributed by atoms with E-state index < -0.39 is 282 Å². The zero-order valence-electron chi connectivity index (χ0n) is 48.8. The minimum atomic E-state index is -9.19. The van der Waals surface area contributed by atoms with Crippen molar-refractivity contribution >= 4 is 28.0 Å². The van der Waals surface area contributed by atoms with Crippen LogP contribution in [0, 0.1) is 215 Å². The fraction of sp³-hybridized carbons (Fsp3) is 0. The first-order chi connectivity index (χ1) is 48.7. The van der Waals surface area contributed by atoms with Crippen LogP contribution in [0.2, 0.25) is 0 Å². The van der Waals surface area contributed by atoms with Gasteiger partial charge in [-0.05, 0) is 95.1 Å². The molecule has 0 radical (unpaired) electrons. The molecule has 0 aromatic heterocycles. The quantitative estimate of drug-likeness (QED) is 0.0302. The van der Waals surface area contributed by atoms with Gasteiger partial charge >= 0.3 is 0 Å². The van der Waals surface area contributed by atoms with E-state index >= 15 is 140 Å². The van der Waals surface area contributed by atoms with Gasteiger partial charge in [0.2, 0.25) is 23.3 Å². The fourth-order valence-corrected chi connectivity index (χ4v) is 11.7. The highest BCUT2D eigenvalue weighted by atomic mass is 19.2. The molecule has 37 heteroatoms. The van der Waals surface area contributed by atoms with Gasteiger partial charge in [0.25, 0.3) is 0 Å². The van der Waals surface area contributed by atoms with Crippen molar-refractivity contribution in [2.24, 2.45) is 0 Å². The van der Waals surface area contributed by atoms with E-state index in [4.69, 9.17) is 0 Å². The third-order valence-electron chi connectivity index (χ3n) is 16.0. The normalized spacial score (nSPS) is 11.7. The molecule has 104 heavy (non-hydrogen) atoms. The lowest BCUT2D eigenvalue weighted by Gasteiger charge is -2.49. The Balaban J connectivity index is 0.000000523. The summed E-state index contributed by atoms with van der Waals surface area (Å²) in [5.41, 5.74) is -48.6. The monoisotopic (exact) mass is 1510 g/mol. The highest BCUT2D eigenvalue weighted by molar-refractivity contribution is 7.22. The average molecular weight is 1510 g/mol. The van der Waals surface area contributed by atoms with Crippen molar-refractivity contribution in [2.75, 3.05) is 0 Å². The summed E-state index contributed by atoms with van der Waals surface area (Å²) in [6.45, 7) is 0. The SMILES string of the molecule is Fc1c(F)c(F)c(-c2c(F)c(F)c(F)c(F)c2[B-](c2c(F)c(F)c(F)c(F)c2-c2c(F)c(F)c(F)c(F)c2F)(c2c(F)c(F)c(F)c(F)c2-c2c(F)c(F)c(F)c(F)c2F)c2c(F)c(F)c(F)c(F)c2-c2c(F)c(F)c(F)c(F)c2F)c(F)c1F.c1ccc([C+](c2ccccc2)c2ccccc2)cc1. The van der Waals surface area contributed by atoms with Crippen molar-refractivity contribution in [3.05, 3.63) is 323 Å². The molecule has 0 saturated heterocycles. The Hall–Kier alpha value is -11.2. The molecule has 0 atom stereocenters. The standard InChI is InChI=1S/C48BF36.C19H15/c50-13-1(5-17(54)33(70)45(82)34(71)18(5)55)9(25(62)41(78)29(13)66)49(10-2(14(51)30(67)42(79)26(10)63)6-19(56)35(72)46(83)36(73)20(6)57,11-3(15(52)31(68)43(80)27(11)64)7-21(58)37(74)47(84)38(75)22(7)59)12-4(16(53)32(69)44(81)28(12)65)8-23(60)39(76)48(85)40(77)24(8)61;1-4-10-16(11-5-1)19(17-12-6-2-7-13-17)18-14-8-3-9-15-18/h;1-15H/q-1;+1. The average Bonchev–Trinajstić information content (AvgIpc) is 0.665. The highest BCUT2D eigenvalue weighted by Gasteiger charge is 2.55. The van der Waals surface area contributed by atoms with Crippen molar-refractivity contribution < 1.29 is 158 Å². The van der Waals surface area contributed by atoms with Crippen molar-refractivity contribution in [3.63, 3.8) is 0 Å². The largest absolute Gasteiger partial charge is 0.207 e. The van der Waals surface area contributed by atoms with Crippen molar-refractivity contribution in [3.8, 4) is 44.5 Å². The van der Waals surface area contributed by atoms with Gasteiger partial charge in [0, 0.05) is 0 Å². The fourth-order valence-electron chi connectivity index (χ4n) is 11.7. The van der Waals surface area contributed by atoms with Crippen LogP contribution in [-0.2, 0) is 0 Å². The molecule has 0 N–H and O–H groups in total. The van der Waals surface area contributed by atoms with Crippen molar-refractivity contribution in [1.82, 2.24) is 0 Å². The molecule has 11 rings (SSSR count). The van der Waals surface area contributed by atoms with Gasteiger partial charge in [-0.15, -0.1) is 21.9 Å². The number of benzene rings is 11. The number of hydrogen-bond acceptors (Lipinski definition) is 0. The zero-order chi connectivity index (χ0) is 77.1. The van der Waals surface area contributed by atoms with Crippen molar-refractivity contribution in [1.29, 1.82) is 0 Å². The molecule has 0 saturated carbocycles. The summed E-state index contributed by atoms with van der Waals surface area (Å²) in [4.78, 5) is 0. The zero-order valence-corrected chi connectivity index (χ0v) is 48.8. The molecule has 0 heterocycles. The Labute approximate surface area is 552 Å². The lowest BCUT2D eigenvalue weighted by molar-refractivity contribution is 0.379. The van der Waals surface area contributed by atoms with E-state index in [-0.39, 0.29) is 0 Å². The Morgan fingerprint density at radius 1 is 0.135 bits per heavy atom. The third kappa shape index (κ3) is 11.1. The predicted molar refractivity (Wildman–Crippen MR) is 290 cm³/mol. The molecule has 0 amide bonds. The Morgan fingerprint density at radius 2 is 0.250 bits per heavy atom. The van der Waals surface area contributed by atoms with E-state index in [0.29, 0.717) is 0 Å². The van der Waals surface area contributed by atoms with Crippen LogP contribution in [0.3, 0.4) is 0 Å². The minimum Gasteiger partial charge on any atom is -0.207 e. The van der Waals surface area contributed by atoms with Crippen LogP contribution in [0.15, 0.2) is 91.0 Å². The summed E-state index contributed by atoms with van der Waals surface area (Å²) in [6.07, 6.45) is -9.19. The molecule has 0 bridgehead atoms. The van der Waals surface area contributed by atoms with Crippen LogP contribution in [0.5, 0.6) is 0 Å². The molecule has 0 aliphatic carbocycles. The van der Waals surface area contributed by atoms with Crippen LogP contribution >= 0.6 is 0 Å². The summed E-state index contributed by atoms with van der Waals surface area (Å²) in [7, 11) is 0. The molecule has 0 aliphatic rings. The third-order valence-corrected chi connectivity index (χ3v) is 16.0. The van der Waals surface area contributed by atoms with Gasteiger partial charge in [0.1, 0.15) is 29.4 Å². The van der Waals surface area contributed by atoms with E-state index in [9.17, 15) is 17.6 Å². The van der Waals surface area contributed by atoms with Gasteiger partial charge in [0.05, 0.1) is 44.9 Å². The highest BCUT2D eigenvalue weighted by Crippen LogP contribution is 2.46. The molecular formula is C67H15BF36. The van der Waals surface area contributed by atoms with Gasteiger partial charge in [-0.2, -0.15) is 0 Å². The molecule has 11 aromatic rings. The van der Waals surface area contributed by atoms with Gasteiger partial charge in [-0.3, -0.25) is 0 Å². The lowest BCUT2D eigenvalue weighted by Crippen LogP contribution is -2.80. The van der Waals surface area contributed by atoms with E-state index in [0.717, 1.165) is 0 Å². The second-order valence-corrected chi connectivity index (χ2v) is 21.3. The van der Waals surface area contributed by atoms with Crippen LogP contribution < -0.4 is 21.9 Å². The predicted octanol–water partition coefficient (Wildman–Crippen LogP) is 19.4. The Bertz CT molecular complexity index is 4690. The number of rotatable bonds is 11. The first-order valence-electron chi connectivity index (χ1n) is 27.4. The van der Waals surface area contributed by atoms with Crippen molar-refractivity contribution in [2.45, 2.75) is 0 Å². The summed E-state index contributed by atoms with van der Waals surface area (Å²) >= 11 is 0. The maximum absolute atomic E-state index is 18.0. The molecule has 0 nitrogen and oxygen atoms in total. The van der Waals surface area contributed by atoms with E-state index in [1.165, 1.54) is 22.6 Å². The Morgan fingerprint density at radius 3 is 0.394 bits per heavy atom. The van der Waals surface area contributed by atoms with Gasteiger partial charge < -0.3 is 0 Å².